The van der Waals surface area contributed by atoms with Crippen LogP contribution in [-0.2, 0) is 11.2 Å². The third-order valence-electron chi connectivity index (χ3n) is 4.13. The smallest absolute Gasteiger partial charge is 0.312 e. The van der Waals surface area contributed by atoms with Crippen LogP contribution in [0.15, 0.2) is 48.5 Å². The van der Waals surface area contributed by atoms with Crippen molar-refractivity contribution >= 4 is 11.9 Å². The van der Waals surface area contributed by atoms with Gasteiger partial charge in [0.05, 0.1) is 13.2 Å². The Kier molecular flexibility index (Phi) is 6.60. The third-order valence-corrected chi connectivity index (χ3v) is 4.13. The summed E-state index contributed by atoms with van der Waals surface area (Å²) < 4.78 is 5.38. The lowest BCUT2D eigenvalue weighted by Gasteiger charge is -2.22. The molecule has 2 unspecified atom stereocenters. The van der Waals surface area contributed by atoms with Crippen molar-refractivity contribution in [3.63, 3.8) is 0 Å². The van der Waals surface area contributed by atoms with Crippen LogP contribution < -0.4 is 21.1 Å². The molecule has 6 nitrogen and oxygen atoms in total. The van der Waals surface area contributed by atoms with Gasteiger partial charge >= 0.3 is 6.03 Å². The first-order chi connectivity index (χ1) is 12.4. The first-order valence-electron chi connectivity index (χ1n) is 8.45. The minimum atomic E-state index is -0.756. The molecule has 26 heavy (non-hydrogen) atoms. The SMILES string of the molecule is COc1ccc(C)cc1C(C)NC(=O)C(Cc1ccccc1)NC(N)=O. The molecule has 6 heteroatoms. The number of nitrogens with two attached hydrogens (primary N) is 1. The molecule has 0 aliphatic rings. The van der Waals surface area contributed by atoms with E-state index in [0.29, 0.717) is 12.2 Å². The second kappa shape index (κ2) is 8.89. The maximum absolute atomic E-state index is 12.7. The van der Waals surface area contributed by atoms with E-state index in [9.17, 15) is 9.59 Å². The zero-order valence-corrected chi connectivity index (χ0v) is 15.3. The van der Waals surface area contributed by atoms with E-state index in [1.54, 1.807) is 7.11 Å². The highest BCUT2D eigenvalue weighted by Crippen LogP contribution is 2.26. The molecule has 0 radical (unpaired) electrons. The minimum Gasteiger partial charge on any atom is -0.496 e. The molecule has 0 spiro atoms. The fourth-order valence-electron chi connectivity index (χ4n) is 2.81. The van der Waals surface area contributed by atoms with Gasteiger partial charge in [0, 0.05) is 12.0 Å². The van der Waals surface area contributed by atoms with E-state index < -0.39 is 12.1 Å². The van der Waals surface area contributed by atoms with Crippen molar-refractivity contribution < 1.29 is 14.3 Å². The number of carbonyl (C=O) groups is 2. The topological polar surface area (TPSA) is 93.4 Å². The number of primary amides is 1. The lowest BCUT2D eigenvalue weighted by molar-refractivity contribution is -0.123. The van der Waals surface area contributed by atoms with Crippen LogP contribution in [0.2, 0.25) is 0 Å². The van der Waals surface area contributed by atoms with Gasteiger partial charge in [-0.1, -0.05) is 48.0 Å². The second-order valence-electron chi connectivity index (χ2n) is 6.23. The van der Waals surface area contributed by atoms with Crippen molar-refractivity contribution in [1.82, 2.24) is 10.6 Å². The Morgan fingerprint density at radius 2 is 1.81 bits per heavy atom. The van der Waals surface area contributed by atoms with E-state index in [-0.39, 0.29) is 11.9 Å². The summed E-state index contributed by atoms with van der Waals surface area (Å²) in [6.07, 6.45) is 0.354. The van der Waals surface area contributed by atoms with E-state index in [4.69, 9.17) is 10.5 Å². The molecule has 0 heterocycles. The number of urea groups is 1. The summed E-state index contributed by atoms with van der Waals surface area (Å²) in [4.78, 5) is 24.0. The first kappa shape index (κ1) is 19.3. The average molecular weight is 355 g/mol. The number of methoxy groups -OCH3 is 1. The van der Waals surface area contributed by atoms with Crippen molar-refractivity contribution in [2.75, 3.05) is 7.11 Å². The Balaban J connectivity index is 2.15. The van der Waals surface area contributed by atoms with Crippen LogP contribution in [0.4, 0.5) is 4.79 Å². The molecule has 0 bridgehead atoms. The number of nitrogens with one attached hydrogen (secondary N) is 2. The van der Waals surface area contributed by atoms with Crippen molar-refractivity contribution in [3.8, 4) is 5.75 Å². The molecule has 138 valence electrons. The molecule has 2 aromatic carbocycles. The number of rotatable bonds is 7. The molecule has 3 amide bonds. The van der Waals surface area contributed by atoms with Crippen LogP contribution in [-0.4, -0.2) is 25.1 Å². The predicted octanol–water partition coefficient (Wildman–Crippen LogP) is 2.46. The lowest BCUT2D eigenvalue weighted by atomic mass is 10.0. The number of aryl methyl sites for hydroxylation is 1. The molecule has 0 fully saturated rings. The number of hydrogen-bond donors (Lipinski definition) is 3. The second-order valence-corrected chi connectivity index (χ2v) is 6.23. The number of amides is 3. The molecule has 2 aromatic rings. The minimum absolute atomic E-state index is 0.287. The van der Waals surface area contributed by atoms with Gasteiger partial charge in [-0.25, -0.2) is 4.79 Å². The van der Waals surface area contributed by atoms with Crippen LogP contribution in [0.5, 0.6) is 5.75 Å². The number of hydrogen-bond acceptors (Lipinski definition) is 3. The molecule has 2 atom stereocenters. The fourth-order valence-corrected chi connectivity index (χ4v) is 2.81. The van der Waals surface area contributed by atoms with Gasteiger partial charge in [-0.3, -0.25) is 4.79 Å². The molecule has 4 N–H and O–H groups in total. The Hall–Kier alpha value is -3.02. The van der Waals surface area contributed by atoms with Gasteiger partial charge in [0.25, 0.3) is 0 Å². The molecular weight excluding hydrogens is 330 g/mol. The van der Waals surface area contributed by atoms with Crippen molar-refractivity contribution in [1.29, 1.82) is 0 Å². The van der Waals surface area contributed by atoms with Crippen LogP contribution in [0.3, 0.4) is 0 Å². The quantitative estimate of drug-likeness (QED) is 0.712. The summed E-state index contributed by atoms with van der Waals surface area (Å²) in [6, 6.07) is 13.5. The highest BCUT2D eigenvalue weighted by molar-refractivity contribution is 5.87. The number of ether oxygens (including phenoxy) is 1. The zero-order valence-electron chi connectivity index (χ0n) is 15.3. The molecular formula is C20H25N3O3. The largest absolute Gasteiger partial charge is 0.496 e. The zero-order chi connectivity index (χ0) is 19.1. The van der Waals surface area contributed by atoms with Gasteiger partial charge in [0.1, 0.15) is 11.8 Å². The molecule has 0 saturated carbocycles. The summed E-state index contributed by atoms with van der Waals surface area (Å²) >= 11 is 0. The monoisotopic (exact) mass is 355 g/mol. The maximum atomic E-state index is 12.7. The van der Waals surface area contributed by atoms with E-state index in [2.05, 4.69) is 10.6 Å². The van der Waals surface area contributed by atoms with Crippen LogP contribution in [0, 0.1) is 6.92 Å². The van der Waals surface area contributed by atoms with Crippen molar-refractivity contribution in [2.45, 2.75) is 32.4 Å². The Bertz CT molecular complexity index is 762. The molecule has 2 rings (SSSR count). The Labute approximate surface area is 153 Å². The predicted molar refractivity (Wildman–Crippen MR) is 101 cm³/mol. The van der Waals surface area contributed by atoms with Crippen LogP contribution in [0.25, 0.3) is 0 Å². The van der Waals surface area contributed by atoms with Gasteiger partial charge in [-0.2, -0.15) is 0 Å². The van der Waals surface area contributed by atoms with Crippen LogP contribution in [0.1, 0.15) is 29.7 Å². The van der Waals surface area contributed by atoms with Crippen LogP contribution >= 0.6 is 0 Å². The third kappa shape index (κ3) is 5.24. The molecule has 0 saturated heterocycles. The van der Waals surface area contributed by atoms with E-state index in [1.807, 2.05) is 62.4 Å². The molecule has 0 aliphatic heterocycles. The van der Waals surface area contributed by atoms with E-state index in [0.717, 1.165) is 16.7 Å². The normalized spacial score (nSPS) is 12.7. The summed E-state index contributed by atoms with van der Waals surface area (Å²) in [6.45, 7) is 3.85. The molecule has 0 aliphatic carbocycles. The van der Waals surface area contributed by atoms with Gasteiger partial charge in [-0.05, 0) is 25.5 Å². The van der Waals surface area contributed by atoms with Gasteiger partial charge in [-0.15, -0.1) is 0 Å². The summed E-state index contributed by atoms with van der Waals surface area (Å²) in [5.41, 5.74) is 8.12. The summed E-state index contributed by atoms with van der Waals surface area (Å²) in [5, 5.41) is 5.46. The number of carbonyl (C=O) groups excluding carboxylic acids is 2. The van der Waals surface area contributed by atoms with Gasteiger partial charge in [0.2, 0.25) is 5.91 Å². The van der Waals surface area contributed by atoms with E-state index in [1.165, 1.54) is 0 Å². The maximum Gasteiger partial charge on any atom is 0.312 e. The highest BCUT2D eigenvalue weighted by atomic mass is 16.5. The average Bonchev–Trinajstić information content (AvgIpc) is 2.61. The Morgan fingerprint density at radius 3 is 2.42 bits per heavy atom. The van der Waals surface area contributed by atoms with E-state index >= 15 is 0 Å². The van der Waals surface area contributed by atoms with Crippen molar-refractivity contribution in [3.05, 3.63) is 65.2 Å². The number of benzene rings is 2. The van der Waals surface area contributed by atoms with Gasteiger partial charge < -0.3 is 21.1 Å². The standard InChI is InChI=1S/C20H25N3O3/c1-13-9-10-18(26-3)16(11-13)14(2)22-19(24)17(23-20(21)25)12-15-7-5-4-6-8-15/h4-11,14,17H,12H2,1-3H3,(H,22,24)(H3,21,23,25). The lowest BCUT2D eigenvalue weighted by Crippen LogP contribution is -2.50. The Morgan fingerprint density at radius 1 is 1.12 bits per heavy atom. The fraction of sp³-hybridized carbons (Fsp3) is 0.300. The first-order valence-corrected chi connectivity index (χ1v) is 8.45. The van der Waals surface area contributed by atoms with Crippen molar-refractivity contribution in [2.24, 2.45) is 5.73 Å². The summed E-state index contributed by atoms with van der Waals surface area (Å²) in [7, 11) is 1.59. The summed E-state index contributed by atoms with van der Waals surface area (Å²) in [5.74, 6) is 0.398. The van der Waals surface area contributed by atoms with Gasteiger partial charge in [0.15, 0.2) is 0 Å². The molecule has 0 aromatic heterocycles. The highest BCUT2D eigenvalue weighted by Gasteiger charge is 2.23.